The number of hydrogen-bond acceptors (Lipinski definition) is 5. The Kier molecular flexibility index (Phi) is 6.26. The first kappa shape index (κ1) is 19.5. The fourth-order valence-electron chi connectivity index (χ4n) is 2.08. The van der Waals surface area contributed by atoms with E-state index in [1.807, 2.05) is 13.8 Å². The van der Waals surface area contributed by atoms with Crippen LogP contribution in [0.5, 0.6) is 0 Å². The van der Waals surface area contributed by atoms with E-state index in [4.69, 9.17) is 5.73 Å². The largest absolute Gasteiger partial charge is 0.327 e. The lowest BCUT2D eigenvalue weighted by atomic mass is 10.0. The van der Waals surface area contributed by atoms with Crippen LogP contribution in [0.1, 0.15) is 31.4 Å². The van der Waals surface area contributed by atoms with Crippen LogP contribution >= 0.6 is 0 Å². The number of nitrogens with zero attached hydrogens (tertiary/aromatic N) is 2. The molecule has 7 nitrogen and oxygen atoms in total. The lowest BCUT2D eigenvalue weighted by Gasteiger charge is -2.21. The van der Waals surface area contributed by atoms with Crippen LogP contribution in [0.3, 0.4) is 0 Å². The van der Waals surface area contributed by atoms with E-state index in [-0.39, 0.29) is 23.4 Å². The highest BCUT2D eigenvalue weighted by Crippen LogP contribution is 2.29. The normalized spacial score (nSPS) is 13.6. The predicted molar refractivity (Wildman–Crippen MR) is 89.8 cm³/mol. The van der Waals surface area contributed by atoms with Crippen LogP contribution in [-0.4, -0.2) is 37.3 Å². The van der Waals surface area contributed by atoms with E-state index in [0.29, 0.717) is 17.5 Å². The number of nitrogens with two attached hydrogens (primary N) is 1. The molecule has 0 fully saturated rings. The zero-order chi connectivity index (χ0) is 17.9. The minimum atomic E-state index is -3.94. The molecule has 0 aliphatic rings. The van der Waals surface area contributed by atoms with Gasteiger partial charge >= 0.3 is 0 Å². The van der Waals surface area contributed by atoms with Gasteiger partial charge in [0.05, 0.1) is 4.92 Å². The summed E-state index contributed by atoms with van der Waals surface area (Å²) in [5, 5.41) is 11.2. The lowest BCUT2D eigenvalue weighted by molar-refractivity contribution is -0.387. The molecule has 0 bridgehead atoms. The minimum absolute atomic E-state index is 0.123. The van der Waals surface area contributed by atoms with Crippen LogP contribution in [0.15, 0.2) is 17.0 Å². The summed E-state index contributed by atoms with van der Waals surface area (Å²) >= 11 is 0. The summed E-state index contributed by atoms with van der Waals surface area (Å²) in [6.07, 6.45) is 0.492. The Morgan fingerprint density at radius 3 is 2.26 bits per heavy atom. The van der Waals surface area contributed by atoms with E-state index in [1.165, 1.54) is 19.2 Å². The molecular formula is C15H25N3O4S. The lowest BCUT2D eigenvalue weighted by Crippen LogP contribution is -2.35. The molecule has 23 heavy (non-hydrogen) atoms. The maximum absolute atomic E-state index is 12.7. The highest BCUT2D eigenvalue weighted by Gasteiger charge is 2.30. The second-order valence-corrected chi connectivity index (χ2v) is 8.20. The third kappa shape index (κ3) is 4.49. The summed E-state index contributed by atoms with van der Waals surface area (Å²) in [7, 11) is -2.52. The Labute approximate surface area is 137 Å². The van der Waals surface area contributed by atoms with Gasteiger partial charge in [-0.05, 0) is 43.4 Å². The first-order chi connectivity index (χ1) is 10.5. The highest BCUT2D eigenvalue weighted by atomic mass is 32.2. The van der Waals surface area contributed by atoms with Gasteiger partial charge in [0.15, 0.2) is 4.90 Å². The Morgan fingerprint density at radius 1 is 1.26 bits per heavy atom. The third-order valence-electron chi connectivity index (χ3n) is 4.09. The summed E-state index contributed by atoms with van der Waals surface area (Å²) in [5.41, 5.74) is 6.92. The van der Waals surface area contributed by atoms with E-state index < -0.39 is 20.6 Å². The van der Waals surface area contributed by atoms with Crippen molar-refractivity contribution in [3.05, 3.63) is 33.4 Å². The summed E-state index contributed by atoms with van der Waals surface area (Å²) in [5.74, 6) is 0.238. The minimum Gasteiger partial charge on any atom is -0.327 e. The Hall–Kier alpha value is -1.51. The molecule has 130 valence electrons. The molecule has 0 aromatic heterocycles. The quantitative estimate of drug-likeness (QED) is 0.603. The van der Waals surface area contributed by atoms with Crippen LogP contribution in [-0.2, 0) is 10.0 Å². The number of hydrogen-bond donors (Lipinski definition) is 1. The monoisotopic (exact) mass is 343 g/mol. The Morgan fingerprint density at radius 2 is 1.78 bits per heavy atom. The molecule has 1 aromatic rings. The number of benzene rings is 1. The van der Waals surface area contributed by atoms with Crippen molar-refractivity contribution >= 4 is 15.7 Å². The maximum Gasteiger partial charge on any atom is 0.289 e. The molecule has 0 spiro atoms. The molecule has 1 unspecified atom stereocenters. The maximum atomic E-state index is 12.7. The molecular weight excluding hydrogens is 318 g/mol. The second-order valence-electron chi connectivity index (χ2n) is 6.18. The molecule has 8 heteroatoms. The first-order valence-corrected chi connectivity index (χ1v) is 8.90. The van der Waals surface area contributed by atoms with Gasteiger partial charge in [0.1, 0.15) is 0 Å². The average Bonchev–Trinajstić information content (AvgIpc) is 2.45. The smallest absolute Gasteiger partial charge is 0.289 e. The van der Waals surface area contributed by atoms with Crippen LogP contribution in [0, 0.1) is 29.9 Å². The highest BCUT2D eigenvalue weighted by molar-refractivity contribution is 7.89. The predicted octanol–water partition coefficient (Wildman–Crippen LogP) is 2.21. The van der Waals surface area contributed by atoms with Crippen molar-refractivity contribution in [2.45, 2.75) is 45.1 Å². The SMILES string of the molecule is Cc1cc([N+](=O)[O-])c(S(=O)(=O)N(C)CCC(N)C(C)C)cc1C. The molecule has 0 saturated carbocycles. The van der Waals surface area contributed by atoms with E-state index in [1.54, 1.807) is 13.8 Å². The average molecular weight is 343 g/mol. The van der Waals surface area contributed by atoms with Crippen molar-refractivity contribution in [3.63, 3.8) is 0 Å². The molecule has 1 atom stereocenters. The number of aryl methyl sites for hydroxylation is 2. The molecule has 0 heterocycles. The zero-order valence-electron chi connectivity index (χ0n) is 14.2. The molecule has 0 aliphatic carbocycles. The number of nitro groups is 1. The zero-order valence-corrected chi connectivity index (χ0v) is 15.1. The van der Waals surface area contributed by atoms with Crippen molar-refractivity contribution < 1.29 is 13.3 Å². The van der Waals surface area contributed by atoms with Crippen molar-refractivity contribution in [2.75, 3.05) is 13.6 Å². The third-order valence-corrected chi connectivity index (χ3v) is 5.98. The summed E-state index contributed by atoms with van der Waals surface area (Å²) in [6, 6.07) is 2.54. The molecule has 1 aromatic carbocycles. The summed E-state index contributed by atoms with van der Waals surface area (Å²) < 4.78 is 26.5. The first-order valence-electron chi connectivity index (χ1n) is 7.46. The van der Waals surface area contributed by atoms with Gasteiger partial charge in [0, 0.05) is 25.7 Å². The topological polar surface area (TPSA) is 107 Å². The second kappa shape index (κ2) is 7.37. The van der Waals surface area contributed by atoms with E-state index in [2.05, 4.69) is 0 Å². The van der Waals surface area contributed by atoms with Gasteiger partial charge in [0.25, 0.3) is 5.69 Å². The molecule has 0 radical (unpaired) electrons. The van der Waals surface area contributed by atoms with Crippen LogP contribution in [0.25, 0.3) is 0 Å². The van der Waals surface area contributed by atoms with Crippen LogP contribution in [0.4, 0.5) is 5.69 Å². The Bertz CT molecular complexity index is 686. The van der Waals surface area contributed by atoms with E-state index >= 15 is 0 Å². The molecule has 0 saturated heterocycles. The van der Waals surface area contributed by atoms with Crippen molar-refractivity contribution in [3.8, 4) is 0 Å². The number of sulfonamides is 1. The van der Waals surface area contributed by atoms with Crippen molar-refractivity contribution in [1.82, 2.24) is 4.31 Å². The number of nitro benzene ring substituents is 1. The van der Waals surface area contributed by atoms with Gasteiger partial charge in [-0.1, -0.05) is 13.8 Å². The summed E-state index contributed by atoms with van der Waals surface area (Å²) in [4.78, 5) is 10.3. The van der Waals surface area contributed by atoms with Gasteiger partial charge < -0.3 is 5.73 Å². The fourth-order valence-corrected chi connectivity index (χ4v) is 3.48. The molecule has 0 aliphatic heterocycles. The summed E-state index contributed by atoms with van der Waals surface area (Å²) in [6.45, 7) is 7.59. The van der Waals surface area contributed by atoms with Gasteiger partial charge in [-0.25, -0.2) is 12.7 Å². The standard InChI is InChI=1S/C15H25N3O4S/c1-10(2)13(16)6-7-17(5)23(21,22)15-9-12(4)11(3)8-14(15)18(19)20/h8-10,13H,6-7,16H2,1-5H3. The van der Waals surface area contributed by atoms with Crippen LogP contribution in [0.2, 0.25) is 0 Å². The van der Waals surface area contributed by atoms with E-state index in [9.17, 15) is 18.5 Å². The number of rotatable bonds is 7. The fraction of sp³-hybridized carbons (Fsp3) is 0.600. The van der Waals surface area contributed by atoms with E-state index in [0.717, 1.165) is 4.31 Å². The van der Waals surface area contributed by atoms with Crippen molar-refractivity contribution in [2.24, 2.45) is 11.7 Å². The van der Waals surface area contributed by atoms with Gasteiger partial charge in [0.2, 0.25) is 10.0 Å². The Balaban J connectivity index is 3.17. The van der Waals surface area contributed by atoms with Gasteiger partial charge in [-0.15, -0.1) is 0 Å². The van der Waals surface area contributed by atoms with Gasteiger partial charge in [-0.3, -0.25) is 10.1 Å². The van der Waals surface area contributed by atoms with Gasteiger partial charge in [-0.2, -0.15) is 0 Å². The molecule has 2 N–H and O–H groups in total. The molecule has 0 amide bonds. The van der Waals surface area contributed by atoms with Crippen LogP contribution < -0.4 is 5.73 Å². The molecule has 1 rings (SSSR count). The van der Waals surface area contributed by atoms with Crippen molar-refractivity contribution in [1.29, 1.82) is 0 Å².